The highest BCUT2D eigenvalue weighted by Crippen LogP contribution is 2.30. The molecule has 1 aliphatic heterocycles. The van der Waals surface area contributed by atoms with Gasteiger partial charge in [-0.3, -0.25) is 4.79 Å². The fourth-order valence-corrected chi connectivity index (χ4v) is 5.09. The van der Waals surface area contributed by atoms with Gasteiger partial charge in [-0.05, 0) is 30.7 Å². The third kappa shape index (κ3) is 3.95. The van der Waals surface area contributed by atoms with Gasteiger partial charge < -0.3 is 5.32 Å². The maximum atomic E-state index is 12.7. The first-order valence-corrected chi connectivity index (χ1v) is 11.0. The first-order valence-electron chi connectivity index (χ1n) is 8.84. The molecule has 1 aromatic heterocycles. The predicted molar refractivity (Wildman–Crippen MR) is 109 cm³/mol. The Kier molecular flexibility index (Phi) is 4.95. The Morgan fingerprint density at radius 2 is 1.82 bits per heavy atom. The molecule has 8 heteroatoms. The van der Waals surface area contributed by atoms with Crippen molar-refractivity contribution in [3.63, 3.8) is 0 Å². The highest BCUT2D eigenvalue weighted by atomic mass is 35.5. The number of carbonyl (C=O) groups is 1. The van der Waals surface area contributed by atoms with Gasteiger partial charge in [-0.15, -0.1) is 0 Å². The number of benzene rings is 2. The number of amides is 1. The molecule has 144 valence electrons. The molecule has 0 aliphatic carbocycles. The third-order valence-electron chi connectivity index (χ3n) is 4.71. The Bertz CT molecular complexity index is 1110. The summed E-state index contributed by atoms with van der Waals surface area (Å²) in [5, 5.41) is 8.02. The van der Waals surface area contributed by atoms with Crippen LogP contribution in [0.2, 0.25) is 5.02 Å². The third-order valence-corrected chi connectivity index (χ3v) is 6.71. The molecule has 1 amide bonds. The van der Waals surface area contributed by atoms with E-state index in [1.165, 1.54) is 0 Å². The van der Waals surface area contributed by atoms with Crippen molar-refractivity contribution in [2.24, 2.45) is 0 Å². The van der Waals surface area contributed by atoms with Crippen LogP contribution in [-0.2, 0) is 9.84 Å². The molecule has 0 unspecified atom stereocenters. The molecule has 0 bridgehead atoms. The van der Waals surface area contributed by atoms with Crippen LogP contribution in [0.4, 0.5) is 5.82 Å². The fraction of sp³-hybridized carbons (Fsp3) is 0.200. The predicted octanol–water partition coefficient (Wildman–Crippen LogP) is 3.82. The second-order valence-electron chi connectivity index (χ2n) is 6.74. The van der Waals surface area contributed by atoms with Crippen molar-refractivity contribution in [1.29, 1.82) is 0 Å². The van der Waals surface area contributed by atoms with Crippen LogP contribution in [0, 0.1) is 0 Å². The van der Waals surface area contributed by atoms with Crippen LogP contribution in [0.1, 0.15) is 22.8 Å². The summed E-state index contributed by atoms with van der Waals surface area (Å²) in [5.41, 5.74) is 2.03. The molecule has 1 N–H and O–H groups in total. The second kappa shape index (κ2) is 7.41. The van der Waals surface area contributed by atoms with Crippen LogP contribution < -0.4 is 5.32 Å². The number of aromatic nitrogens is 2. The van der Waals surface area contributed by atoms with E-state index in [0.717, 1.165) is 5.56 Å². The highest BCUT2D eigenvalue weighted by Gasteiger charge is 2.31. The van der Waals surface area contributed by atoms with Gasteiger partial charge in [-0.2, -0.15) is 5.10 Å². The van der Waals surface area contributed by atoms with E-state index in [2.05, 4.69) is 10.4 Å². The number of hydrogen-bond donors (Lipinski definition) is 1. The van der Waals surface area contributed by atoms with E-state index in [4.69, 9.17) is 11.6 Å². The number of sulfone groups is 1. The standard InChI is InChI=1S/C20H18ClN3O3S/c21-16-8-6-15(7-9-16)20(25)22-19-12-18(14-4-2-1-3-5-14)23-24(19)17-10-11-28(26,27)13-17/h1-9,12,17H,10-11,13H2,(H,22,25)/t17-/m0/s1. The summed E-state index contributed by atoms with van der Waals surface area (Å²) in [6.45, 7) is 0. The summed E-state index contributed by atoms with van der Waals surface area (Å²) >= 11 is 5.88. The average molecular weight is 416 g/mol. The fourth-order valence-electron chi connectivity index (χ4n) is 3.27. The van der Waals surface area contributed by atoms with E-state index in [9.17, 15) is 13.2 Å². The van der Waals surface area contributed by atoms with Crippen molar-refractivity contribution in [3.8, 4) is 11.3 Å². The molecule has 2 heterocycles. The van der Waals surface area contributed by atoms with Gasteiger partial charge in [0.25, 0.3) is 5.91 Å². The Morgan fingerprint density at radius 3 is 2.46 bits per heavy atom. The van der Waals surface area contributed by atoms with E-state index in [0.29, 0.717) is 28.5 Å². The maximum Gasteiger partial charge on any atom is 0.256 e. The number of halogens is 1. The van der Waals surface area contributed by atoms with Crippen molar-refractivity contribution in [2.75, 3.05) is 16.8 Å². The van der Waals surface area contributed by atoms with E-state index in [1.54, 1.807) is 35.0 Å². The van der Waals surface area contributed by atoms with Crippen LogP contribution in [0.25, 0.3) is 11.3 Å². The number of anilines is 1. The lowest BCUT2D eigenvalue weighted by Gasteiger charge is -2.13. The van der Waals surface area contributed by atoms with Crippen molar-refractivity contribution >= 4 is 33.2 Å². The Morgan fingerprint density at radius 1 is 1.11 bits per heavy atom. The maximum absolute atomic E-state index is 12.7. The molecular weight excluding hydrogens is 398 g/mol. The van der Waals surface area contributed by atoms with Crippen LogP contribution in [0.15, 0.2) is 60.7 Å². The van der Waals surface area contributed by atoms with Gasteiger partial charge in [0, 0.05) is 22.2 Å². The number of hydrogen-bond acceptors (Lipinski definition) is 4. The molecular formula is C20H18ClN3O3S. The number of rotatable bonds is 4. The van der Waals surface area contributed by atoms with Gasteiger partial charge in [0.05, 0.1) is 23.2 Å². The first kappa shape index (κ1) is 18.7. The molecule has 6 nitrogen and oxygen atoms in total. The van der Waals surface area contributed by atoms with E-state index >= 15 is 0 Å². The number of nitrogens with zero attached hydrogens (tertiary/aromatic N) is 2. The van der Waals surface area contributed by atoms with Gasteiger partial charge in [0.15, 0.2) is 9.84 Å². The molecule has 1 atom stereocenters. The lowest BCUT2D eigenvalue weighted by atomic mass is 10.1. The van der Waals surface area contributed by atoms with Crippen LogP contribution >= 0.6 is 11.6 Å². The zero-order valence-corrected chi connectivity index (χ0v) is 16.4. The topological polar surface area (TPSA) is 81.1 Å². The van der Waals surface area contributed by atoms with Crippen molar-refractivity contribution in [3.05, 3.63) is 71.2 Å². The van der Waals surface area contributed by atoms with E-state index in [-0.39, 0.29) is 23.5 Å². The summed E-state index contributed by atoms with van der Waals surface area (Å²) in [6, 6.07) is 17.6. The van der Waals surface area contributed by atoms with Crippen molar-refractivity contribution in [1.82, 2.24) is 9.78 Å². The Balaban J connectivity index is 1.69. The molecule has 28 heavy (non-hydrogen) atoms. The molecule has 4 rings (SSSR count). The molecule has 2 aromatic carbocycles. The van der Waals surface area contributed by atoms with Gasteiger partial charge in [0.2, 0.25) is 0 Å². The zero-order chi connectivity index (χ0) is 19.7. The molecule has 3 aromatic rings. The summed E-state index contributed by atoms with van der Waals surface area (Å²) in [5.74, 6) is 0.314. The van der Waals surface area contributed by atoms with Gasteiger partial charge >= 0.3 is 0 Å². The van der Waals surface area contributed by atoms with Crippen LogP contribution in [-0.4, -0.2) is 35.6 Å². The zero-order valence-electron chi connectivity index (χ0n) is 14.9. The summed E-state index contributed by atoms with van der Waals surface area (Å²) in [4.78, 5) is 12.7. The minimum absolute atomic E-state index is 0.0206. The molecule has 0 radical (unpaired) electrons. The molecule has 1 aliphatic rings. The molecule has 0 saturated carbocycles. The quantitative estimate of drug-likeness (QED) is 0.702. The van der Waals surface area contributed by atoms with Crippen LogP contribution in [0.5, 0.6) is 0 Å². The summed E-state index contributed by atoms with van der Waals surface area (Å²) in [7, 11) is -3.09. The van der Waals surface area contributed by atoms with E-state index < -0.39 is 9.84 Å². The number of nitrogens with one attached hydrogen (secondary N) is 1. The second-order valence-corrected chi connectivity index (χ2v) is 9.41. The highest BCUT2D eigenvalue weighted by molar-refractivity contribution is 7.91. The van der Waals surface area contributed by atoms with Gasteiger partial charge in [0.1, 0.15) is 5.82 Å². The normalized spacial score (nSPS) is 18.1. The smallest absolute Gasteiger partial charge is 0.256 e. The first-order chi connectivity index (χ1) is 13.4. The molecule has 1 fully saturated rings. The summed E-state index contributed by atoms with van der Waals surface area (Å²) in [6.07, 6.45) is 0.474. The number of carbonyl (C=O) groups excluding carboxylic acids is 1. The van der Waals surface area contributed by atoms with Gasteiger partial charge in [-0.1, -0.05) is 41.9 Å². The van der Waals surface area contributed by atoms with E-state index in [1.807, 2.05) is 30.3 Å². The Labute approximate surface area is 168 Å². The van der Waals surface area contributed by atoms with Crippen LogP contribution in [0.3, 0.4) is 0 Å². The minimum atomic E-state index is -3.09. The largest absolute Gasteiger partial charge is 0.307 e. The lowest BCUT2D eigenvalue weighted by Crippen LogP contribution is -2.19. The molecule has 1 saturated heterocycles. The monoisotopic (exact) mass is 415 g/mol. The van der Waals surface area contributed by atoms with Crippen molar-refractivity contribution < 1.29 is 13.2 Å². The molecule has 0 spiro atoms. The SMILES string of the molecule is O=C(Nc1cc(-c2ccccc2)nn1[C@H]1CCS(=O)(=O)C1)c1ccc(Cl)cc1. The summed E-state index contributed by atoms with van der Waals surface area (Å²) < 4.78 is 25.5. The minimum Gasteiger partial charge on any atom is -0.307 e. The Hall–Kier alpha value is -2.64. The van der Waals surface area contributed by atoms with Crippen molar-refractivity contribution in [2.45, 2.75) is 12.5 Å². The van der Waals surface area contributed by atoms with Gasteiger partial charge in [-0.25, -0.2) is 13.1 Å². The average Bonchev–Trinajstić information content (AvgIpc) is 3.26. The lowest BCUT2D eigenvalue weighted by molar-refractivity contribution is 0.102.